The first-order valence-electron chi connectivity index (χ1n) is 6.17. The van der Waals surface area contributed by atoms with E-state index < -0.39 is 33.4 Å². The molecule has 2 rings (SSSR count). The molecule has 8 heteroatoms. The molecule has 2 N–H and O–H groups in total. The number of halogens is 3. The van der Waals surface area contributed by atoms with Crippen LogP contribution in [-0.4, -0.2) is 21.0 Å². The van der Waals surface area contributed by atoms with E-state index in [4.69, 9.17) is 0 Å². The molecule has 0 radical (unpaired) electrons. The van der Waals surface area contributed by atoms with E-state index in [0.717, 1.165) is 0 Å². The Hall–Kier alpha value is -1.41. The first kappa shape index (κ1) is 16.0. The molecule has 1 amide bonds. The summed E-state index contributed by atoms with van der Waals surface area (Å²) in [4.78, 5) is 12.0. The van der Waals surface area contributed by atoms with E-state index in [1.807, 2.05) is 4.72 Å². The summed E-state index contributed by atoms with van der Waals surface area (Å²) in [5.74, 6) is -1.27. The number of para-hydroxylation sites is 1. The highest BCUT2D eigenvalue weighted by Crippen LogP contribution is 2.47. The summed E-state index contributed by atoms with van der Waals surface area (Å²) in [6, 6.07) is 5.50. The normalized spacial score (nSPS) is 23.6. The highest BCUT2D eigenvalue weighted by Gasteiger charge is 2.66. The van der Waals surface area contributed by atoms with E-state index in [0.29, 0.717) is 0 Å². The Morgan fingerprint density at radius 1 is 1.19 bits per heavy atom. The Labute approximate surface area is 122 Å². The predicted octanol–water partition coefficient (Wildman–Crippen LogP) is 2.45. The number of amides is 1. The monoisotopic (exact) mass is 320 g/mol. The van der Waals surface area contributed by atoms with Crippen molar-refractivity contribution in [3.8, 4) is 0 Å². The number of rotatable bonds is 2. The van der Waals surface area contributed by atoms with Gasteiger partial charge in [-0.25, -0.2) is 8.93 Å². The summed E-state index contributed by atoms with van der Waals surface area (Å²) in [6.07, 6.45) is -4.93. The van der Waals surface area contributed by atoms with Crippen molar-refractivity contribution in [1.29, 1.82) is 0 Å². The maximum Gasteiger partial charge on any atom is 0.420 e. The van der Waals surface area contributed by atoms with Gasteiger partial charge in [0.05, 0.1) is 15.7 Å². The molecule has 1 aliphatic heterocycles. The lowest BCUT2D eigenvalue weighted by molar-refractivity contribution is -0.193. The smallest absolute Gasteiger partial charge is 0.323 e. The number of alkyl halides is 3. The minimum absolute atomic E-state index is 0.0678. The quantitative estimate of drug-likeness (QED) is 0.879. The third-order valence-corrected chi connectivity index (χ3v) is 4.75. The molecule has 0 saturated heterocycles. The Balaban J connectivity index is 2.60. The van der Waals surface area contributed by atoms with Gasteiger partial charge < -0.3 is 5.32 Å². The van der Waals surface area contributed by atoms with Gasteiger partial charge in [0.25, 0.3) is 5.91 Å². The molecule has 1 aromatic rings. The maximum absolute atomic E-state index is 13.6. The number of carbonyl (C=O) groups is 1. The van der Waals surface area contributed by atoms with Gasteiger partial charge in [-0.05, 0) is 26.8 Å². The van der Waals surface area contributed by atoms with Crippen LogP contribution in [0.3, 0.4) is 0 Å². The lowest BCUT2D eigenvalue weighted by Gasteiger charge is -2.33. The molecule has 116 valence electrons. The molecular weight excluding hydrogens is 305 g/mol. The first-order chi connectivity index (χ1) is 9.50. The van der Waals surface area contributed by atoms with E-state index in [2.05, 4.69) is 5.32 Å². The predicted molar refractivity (Wildman–Crippen MR) is 73.8 cm³/mol. The van der Waals surface area contributed by atoms with Crippen LogP contribution >= 0.6 is 0 Å². The van der Waals surface area contributed by atoms with Crippen molar-refractivity contribution in [2.75, 3.05) is 5.32 Å². The number of hydrogen-bond donors (Lipinski definition) is 2. The molecule has 2 atom stereocenters. The molecule has 0 bridgehead atoms. The topological polar surface area (TPSA) is 58.2 Å². The Bertz CT molecular complexity index is 610. The van der Waals surface area contributed by atoms with Gasteiger partial charge in [0.15, 0.2) is 0 Å². The summed E-state index contributed by atoms with van der Waals surface area (Å²) in [6.45, 7) is 4.58. The van der Waals surface area contributed by atoms with Crippen LogP contribution in [0.2, 0.25) is 0 Å². The fourth-order valence-electron chi connectivity index (χ4n) is 1.99. The number of fused-ring (bicyclic) bond motifs is 1. The van der Waals surface area contributed by atoms with Crippen LogP contribution in [0.4, 0.5) is 18.9 Å². The fraction of sp³-hybridized carbons (Fsp3) is 0.462. The van der Waals surface area contributed by atoms with Crippen LogP contribution in [0.25, 0.3) is 0 Å². The van der Waals surface area contributed by atoms with E-state index in [-0.39, 0.29) is 11.3 Å². The highest BCUT2D eigenvalue weighted by atomic mass is 32.2. The average Bonchev–Trinajstić information content (AvgIpc) is 2.61. The third kappa shape index (κ3) is 2.46. The SMILES string of the molecule is CC(C)(C)[S@@](=O)NC1(C(F)(F)F)C(=O)Nc2ccccc21. The maximum atomic E-state index is 13.6. The van der Waals surface area contributed by atoms with E-state index >= 15 is 0 Å². The van der Waals surface area contributed by atoms with Crippen LogP contribution in [0.15, 0.2) is 24.3 Å². The van der Waals surface area contributed by atoms with Gasteiger partial charge in [-0.2, -0.15) is 13.2 Å². The third-order valence-electron chi connectivity index (χ3n) is 3.15. The van der Waals surface area contributed by atoms with Gasteiger partial charge in [-0.15, -0.1) is 0 Å². The van der Waals surface area contributed by atoms with E-state index in [1.165, 1.54) is 45.0 Å². The van der Waals surface area contributed by atoms with Crippen LogP contribution in [0, 0.1) is 0 Å². The van der Waals surface area contributed by atoms with Crippen molar-refractivity contribution in [2.45, 2.75) is 37.2 Å². The molecule has 0 aromatic heterocycles. The van der Waals surface area contributed by atoms with Gasteiger partial charge in [-0.3, -0.25) is 4.79 Å². The zero-order chi connectivity index (χ0) is 16.1. The van der Waals surface area contributed by atoms with Crippen molar-refractivity contribution in [1.82, 2.24) is 4.72 Å². The number of nitrogens with one attached hydrogen (secondary N) is 2. The largest absolute Gasteiger partial charge is 0.420 e. The average molecular weight is 320 g/mol. The van der Waals surface area contributed by atoms with Crippen LogP contribution in [-0.2, 0) is 21.3 Å². The first-order valence-corrected chi connectivity index (χ1v) is 7.32. The second-order valence-corrected chi connectivity index (χ2v) is 7.70. The van der Waals surface area contributed by atoms with Crippen molar-refractivity contribution in [3.63, 3.8) is 0 Å². The standard InChI is InChI=1S/C13H15F3N2O2S/c1-11(2,3)21(20)18-12(13(14,15)16)8-6-4-5-7-9(8)17-10(12)19/h4-7,18H,1-3H3,(H,17,19)/t12?,21-/m1/s1. The Kier molecular flexibility index (Phi) is 3.66. The number of anilines is 1. The molecule has 1 heterocycles. The zero-order valence-electron chi connectivity index (χ0n) is 11.7. The molecule has 1 unspecified atom stereocenters. The van der Waals surface area contributed by atoms with Gasteiger partial charge >= 0.3 is 6.18 Å². The molecule has 0 saturated carbocycles. The van der Waals surface area contributed by atoms with Crippen LogP contribution < -0.4 is 10.0 Å². The van der Waals surface area contributed by atoms with Crippen molar-refractivity contribution < 1.29 is 22.2 Å². The summed E-state index contributed by atoms with van der Waals surface area (Å²) in [5, 5.41) is 2.20. The second-order valence-electron chi connectivity index (χ2n) is 5.73. The molecule has 0 fully saturated rings. The second kappa shape index (κ2) is 4.81. The Morgan fingerprint density at radius 3 is 2.29 bits per heavy atom. The van der Waals surface area contributed by atoms with Gasteiger partial charge in [0, 0.05) is 11.3 Å². The molecule has 1 aromatic carbocycles. The highest BCUT2D eigenvalue weighted by molar-refractivity contribution is 7.84. The number of hydrogen-bond acceptors (Lipinski definition) is 2. The molecule has 0 aliphatic carbocycles. The van der Waals surface area contributed by atoms with E-state index in [9.17, 15) is 22.2 Å². The number of carbonyl (C=O) groups excluding carboxylic acids is 1. The molecule has 21 heavy (non-hydrogen) atoms. The van der Waals surface area contributed by atoms with Crippen molar-refractivity contribution in [3.05, 3.63) is 29.8 Å². The van der Waals surface area contributed by atoms with E-state index in [1.54, 1.807) is 0 Å². The summed E-state index contributed by atoms with van der Waals surface area (Å²) in [7, 11) is -2.07. The summed E-state index contributed by atoms with van der Waals surface area (Å²) in [5.41, 5.74) is -3.19. The fourth-order valence-corrected chi connectivity index (χ4v) is 2.89. The number of benzene rings is 1. The lowest BCUT2D eigenvalue weighted by Crippen LogP contribution is -2.60. The van der Waals surface area contributed by atoms with Gasteiger partial charge in [-0.1, -0.05) is 18.2 Å². The lowest BCUT2D eigenvalue weighted by atomic mass is 9.92. The zero-order valence-corrected chi connectivity index (χ0v) is 12.5. The van der Waals surface area contributed by atoms with Crippen molar-refractivity contribution >= 4 is 22.6 Å². The molecular formula is C13H15F3N2O2S. The van der Waals surface area contributed by atoms with Crippen LogP contribution in [0.1, 0.15) is 26.3 Å². The minimum Gasteiger partial charge on any atom is -0.323 e. The Morgan fingerprint density at radius 2 is 1.76 bits per heavy atom. The van der Waals surface area contributed by atoms with Crippen LogP contribution in [0.5, 0.6) is 0 Å². The van der Waals surface area contributed by atoms with Crippen molar-refractivity contribution in [2.24, 2.45) is 0 Å². The summed E-state index contributed by atoms with van der Waals surface area (Å²) < 4.78 is 54.1. The molecule has 0 spiro atoms. The van der Waals surface area contributed by atoms with Gasteiger partial charge in [0.2, 0.25) is 5.54 Å². The summed E-state index contributed by atoms with van der Waals surface area (Å²) >= 11 is 0. The van der Waals surface area contributed by atoms with Gasteiger partial charge in [0.1, 0.15) is 0 Å². The molecule has 1 aliphatic rings. The molecule has 4 nitrogen and oxygen atoms in total. The minimum atomic E-state index is -4.93.